The average Bonchev–Trinajstić information content (AvgIpc) is 3.10. The molecular formula is C23H33N5O7. The number of carbonyl (C=O) groups is 4. The Balaban J connectivity index is 1.35. The van der Waals surface area contributed by atoms with Crippen molar-refractivity contribution in [3.05, 3.63) is 29.3 Å². The third kappa shape index (κ3) is 7.29. The molecule has 35 heavy (non-hydrogen) atoms. The van der Waals surface area contributed by atoms with E-state index in [9.17, 15) is 19.2 Å². The molecule has 0 aromatic heterocycles. The van der Waals surface area contributed by atoms with Crippen molar-refractivity contribution in [3.8, 4) is 0 Å². The van der Waals surface area contributed by atoms with Crippen LogP contribution in [0.2, 0.25) is 0 Å². The van der Waals surface area contributed by atoms with Gasteiger partial charge in [-0.3, -0.25) is 29.4 Å². The van der Waals surface area contributed by atoms with Crippen LogP contribution in [0, 0.1) is 0 Å². The van der Waals surface area contributed by atoms with Crippen molar-refractivity contribution in [1.82, 2.24) is 15.5 Å². The average molecular weight is 492 g/mol. The van der Waals surface area contributed by atoms with Gasteiger partial charge in [0.25, 0.3) is 11.8 Å². The lowest BCUT2D eigenvalue weighted by Crippen LogP contribution is -2.54. The van der Waals surface area contributed by atoms with Gasteiger partial charge in [-0.2, -0.15) is 0 Å². The van der Waals surface area contributed by atoms with E-state index >= 15 is 0 Å². The van der Waals surface area contributed by atoms with Crippen molar-refractivity contribution in [2.75, 3.05) is 71.1 Å². The molecule has 0 saturated carbocycles. The van der Waals surface area contributed by atoms with E-state index in [2.05, 4.69) is 16.0 Å². The number of carbonyl (C=O) groups excluding carboxylic acids is 4. The summed E-state index contributed by atoms with van der Waals surface area (Å²) in [6, 6.07) is 3.94. The molecule has 3 rings (SSSR count). The monoisotopic (exact) mass is 491 g/mol. The fourth-order valence-corrected chi connectivity index (χ4v) is 3.83. The van der Waals surface area contributed by atoms with E-state index in [-0.39, 0.29) is 24.0 Å². The summed E-state index contributed by atoms with van der Waals surface area (Å²) in [7, 11) is 0. The van der Waals surface area contributed by atoms with Crippen LogP contribution in [0.1, 0.15) is 33.6 Å². The summed E-state index contributed by atoms with van der Waals surface area (Å²) in [5, 5.41) is 8.45. The molecule has 1 aromatic rings. The standard InChI is InChI=1S/C23H33N5O7/c24-6-7-25-8-10-33-12-14-35-15-13-34-11-9-26-17-3-1-2-16-20(17)23(32)28(22(16)31)18-4-5-19(29)27-21(18)30/h1-3,18,25-26H,4-15,24H2,(H,27,29,30). The molecule has 0 spiro atoms. The van der Waals surface area contributed by atoms with Gasteiger partial charge in [-0.05, 0) is 18.6 Å². The Hall–Kier alpha value is -2.90. The number of nitrogens with one attached hydrogen (secondary N) is 3. The second-order valence-electron chi connectivity index (χ2n) is 7.98. The molecule has 2 aliphatic rings. The van der Waals surface area contributed by atoms with Crippen LogP contribution in [0.4, 0.5) is 5.69 Å². The Morgan fingerprint density at radius 3 is 2.29 bits per heavy atom. The molecule has 12 nitrogen and oxygen atoms in total. The first kappa shape index (κ1) is 26.7. The maximum Gasteiger partial charge on any atom is 0.264 e. The molecule has 1 unspecified atom stereocenters. The molecule has 0 bridgehead atoms. The minimum atomic E-state index is -0.991. The van der Waals surface area contributed by atoms with Gasteiger partial charge in [0.15, 0.2) is 0 Å². The summed E-state index contributed by atoms with van der Waals surface area (Å²) in [4.78, 5) is 50.5. The normalized spacial score (nSPS) is 17.6. The molecule has 0 radical (unpaired) electrons. The van der Waals surface area contributed by atoms with E-state index in [1.54, 1.807) is 18.2 Å². The van der Waals surface area contributed by atoms with Crippen molar-refractivity contribution in [2.45, 2.75) is 18.9 Å². The smallest absolute Gasteiger partial charge is 0.264 e. The second kappa shape index (κ2) is 13.9. The van der Waals surface area contributed by atoms with Crippen LogP contribution in [0.5, 0.6) is 0 Å². The first-order valence-electron chi connectivity index (χ1n) is 11.8. The van der Waals surface area contributed by atoms with Gasteiger partial charge >= 0.3 is 0 Å². The highest BCUT2D eigenvalue weighted by Crippen LogP contribution is 2.32. The lowest BCUT2D eigenvalue weighted by molar-refractivity contribution is -0.136. The van der Waals surface area contributed by atoms with E-state index in [4.69, 9.17) is 19.9 Å². The molecule has 2 heterocycles. The number of nitrogens with two attached hydrogens (primary N) is 1. The van der Waals surface area contributed by atoms with Gasteiger partial charge in [0.2, 0.25) is 11.8 Å². The van der Waals surface area contributed by atoms with Crippen molar-refractivity contribution < 1.29 is 33.4 Å². The molecule has 1 aromatic carbocycles. The second-order valence-corrected chi connectivity index (χ2v) is 7.98. The number of amides is 4. The molecule has 2 aliphatic heterocycles. The maximum absolute atomic E-state index is 13.0. The summed E-state index contributed by atoms with van der Waals surface area (Å²) < 4.78 is 16.4. The molecule has 5 N–H and O–H groups in total. The lowest BCUT2D eigenvalue weighted by atomic mass is 10.0. The lowest BCUT2D eigenvalue weighted by Gasteiger charge is -2.27. The van der Waals surface area contributed by atoms with Crippen LogP contribution >= 0.6 is 0 Å². The maximum atomic E-state index is 13.0. The first-order valence-corrected chi connectivity index (χ1v) is 11.8. The zero-order chi connectivity index (χ0) is 25.0. The van der Waals surface area contributed by atoms with Crippen LogP contribution in [-0.4, -0.2) is 100 Å². The Morgan fingerprint density at radius 1 is 0.914 bits per heavy atom. The van der Waals surface area contributed by atoms with Gasteiger partial charge < -0.3 is 30.6 Å². The van der Waals surface area contributed by atoms with Crippen LogP contribution in [0.15, 0.2) is 18.2 Å². The summed E-state index contributed by atoms with van der Waals surface area (Å²) in [6.07, 6.45) is 0.197. The molecule has 192 valence electrons. The fraction of sp³-hybridized carbons (Fsp3) is 0.565. The topological polar surface area (TPSA) is 161 Å². The Bertz CT molecular complexity index is 910. The van der Waals surface area contributed by atoms with Gasteiger partial charge in [0.1, 0.15) is 6.04 Å². The van der Waals surface area contributed by atoms with Crippen molar-refractivity contribution in [3.63, 3.8) is 0 Å². The number of ether oxygens (including phenoxy) is 3. The van der Waals surface area contributed by atoms with Crippen LogP contribution < -0.4 is 21.7 Å². The predicted octanol–water partition coefficient (Wildman–Crippen LogP) is -0.902. The molecule has 4 amide bonds. The molecule has 1 saturated heterocycles. The van der Waals surface area contributed by atoms with Gasteiger partial charge in [0.05, 0.1) is 50.8 Å². The highest BCUT2D eigenvalue weighted by molar-refractivity contribution is 6.25. The third-order valence-electron chi connectivity index (χ3n) is 5.52. The molecular weight excluding hydrogens is 458 g/mol. The number of piperidine rings is 1. The predicted molar refractivity (Wildman–Crippen MR) is 126 cm³/mol. The number of benzene rings is 1. The number of imide groups is 2. The summed E-state index contributed by atoms with van der Waals surface area (Å²) in [5.74, 6) is -2.12. The number of anilines is 1. The third-order valence-corrected chi connectivity index (χ3v) is 5.52. The van der Waals surface area contributed by atoms with E-state index in [0.29, 0.717) is 58.4 Å². The van der Waals surface area contributed by atoms with Crippen LogP contribution in [-0.2, 0) is 23.8 Å². The van der Waals surface area contributed by atoms with E-state index in [1.807, 2.05) is 0 Å². The molecule has 12 heteroatoms. The van der Waals surface area contributed by atoms with Crippen LogP contribution in [0.25, 0.3) is 0 Å². The van der Waals surface area contributed by atoms with Crippen molar-refractivity contribution in [2.24, 2.45) is 5.73 Å². The van der Waals surface area contributed by atoms with Gasteiger partial charge in [-0.15, -0.1) is 0 Å². The Kier molecular flexibility index (Phi) is 10.6. The van der Waals surface area contributed by atoms with Crippen LogP contribution in [0.3, 0.4) is 0 Å². The van der Waals surface area contributed by atoms with E-state index in [0.717, 1.165) is 18.0 Å². The quantitative estimate of drug-likeness (QED) is 0.168. The number of nitrogens with zero attached hydrogens (tertiary/aromatic N) is 1. The van der Waals surface area contributed by atoms with Crippen molar-refractivity contribution in [1.29, 1.82) is 0 Å². The minimum absolute atomic E-state index is 0.0791. The Labute approximate surface area is 203 Å². The zero-order valence-corrected chi connectivity index (χ0v) is 19.7. The number of hydrogen-bond donors (Lipinski definition) is 4. The van der Waals surface area contributed by atoms with E-state index in [1.165, 1.54) is 0 Å². The minimum Gasteiger partial charge on any atom is -0.382 e. The summed E-state index contributed by atoms with van der Waals surface area (Å²) in [6.45, 7) is 5.35. The van der Waals surface area contributed by atoms with E-state index < -0.39 is 29.7 Å². The van der Waals surface area contributed by atoms with Gasteiger partial charge in [0, 0.05) is 38.3 Å². The summed E-state index contributed by atoms with van der Waals surface area (Å²) in [5.41, 5.74) is 6.33. The highest BCUT2D eigenvalue weighted by atomic mass is 16.5. The summed E-state index contributed by atoms with van der Waals surface area (Å²) >= 11 is 0. The molecule has 1 fully saturated rings. The molecule has 0 aliphatic carbocycles. The Morgan fingerprint density at radius 2 is 1.60 bits per heavy atom. The number of fused-ring (bicyclic) bond motifs is 1. The number of hydrogen-bond acceptors (Lipinski definition) is 10. The molecule has 1 atom stereocenters. The van der Waals surface area contributed by atoms with Gasteiger partial charge in [-0.1, -0.05) is 6.07 Å². The number of rotatable bonds is 16. The van der Waals surface area contributed by atoms with Gasteiger partial charge in [-0.25, -0.2) is 0 Å². The SMILES string of the molecule is NCCNCCOCCOCCOCCNc1cccc2c1C(=O)N(C1CCC(=O)NC1=O)C2=O. The first-order chi connectivity index (χ1) is 17.0. The highest BCUT2D eigenvalue weighted by Gasteiger charge is 2.45. The largest absolute Gasteiger partial charge is 0.382 e. The van der Waals surface area contributed by atoms with Crippen molar-refractivity contribution >= 4 is 29.3 Å². The zero-order valence-electron chi connectivity index (χ0n) is 19.7. The fourth-order valence-electron chi connectivity index (χ4n) is 3.83.